The van der Waals surface area contributed by atoms with Crippen LogP contribution < -0.4 is 19.1 Å². The Morgan fingerprint density at radius 1 is 1.11 bits per heavy atom. The first-order chi connectivity index (χ1) is 13.1. The number of halogens is 1. The summed E-state index contributed by atoms with van der Waals surface area (Å²) in [5, 5.41) is 3.20. The molecular weight excluding hydrogens is 404 g/mol. The predicted molar refractivity (Wildman–Crippen MR) is 111 cm³/mol. The van der Waals surface area contributed by atoms with Crippen molar-refractivity contribution in [1.29, 1.82) is 0 Å². The summed E-state index contributed by atoms with van der Waals surface area (Å²) in [5.74, 6) is 0.309. The molecule has 0 bridgehead atoms. The molecule has 1 amide bonds. The van der Waals surface area contributed by atoms with Gasteiger partial charge in [0.1, 0.15) is 6.04 Å². The number of amides is 1. The van der Waals surface area contributed by atoms with E-state index in [9.17, 15) is 13.2 Å². The zero-order chi connectivity index (χ0) is 21.1. The normalized spacial score (nSPS) is 12.2. The van der Waals surface area contributed by atoms with Gasteiger partial charge >= 0.3 is 0 Å². The molecule has 0 fully saturated rings. The van der Waals surface area contributed by atoms with Gasteiger partial charge < -0.3 is 14.8 Å². The molecule has 1 N–H and O–H groups in total. The summed E-state index contributed by atoms with van der Waals surface area (Å²) >= 11 is 5.99. The van der Waals surface area contributed by atoms with Gasteiger partial charge in [-0.3, -0.25) is 9.10 Å². The fourth-order valence-electron chi connectivity index (χ4n) is 2.74. The fraction of sp³-hybridized carbons (Fsp3) is 0.316. The van der Waals surface area contributed by atoms with Gasteiger partial charge in [-0.15, -0.1) is 0 Å². The Morgan fingerprint density at radius 3 is 2.32 bits per heavy atom. The Hall–Kier alpha value is -2.45. The molecule has 0 unspecified atom stereocenters. The number of nitrogens with one attached hydrogen (secondary N) is 1. The zero-order valence-electron chi connectivity index (χ0n) is 16.3. The van der Waals surface area contributed by atoms with Crippen LogP contribution in [0.4, 0.5) is 11.4 Å². The van der Waals surface area contributed by atoms with E-state index in [1.165, 1.54) is 27.2 Å². The Balaban J connectivity index is 2.40. The number of methoxy groups -OCH3 is 2. The molecule has 0 heterocycles. The maximum absolute atomic E-state index is 12.8. The van der Waals surface area contributed by atoms with E-state index in [1.54, 1.807) is 30.3 Å². The number of hydrogen-bond donors (Lipinski definition) is 1. The number of carbonyl (C=O) groups excluding carboxylic acids is 1. The van der Waals surface area contributed by atoms with Gasteiger partial charge in [0.05, 0.1) is 26.2 Å². The SMILES string of the molecule is COc1ccc(N([C@@H](C)C(=O)Nc2cc(Cl)ccc2C)S(C)(=O)=O)cc1OC. The number of anilines is 2. The molecule has 2 aromatic carbocycles. The molecule has 0 saturated heterocycles. The maximum Gasteiger partial charge on any atom is 0.248 e. The van der Waals surface area contributed by atoms with E-state index in [2.05, 4.69) is 5.32 Å². The molecule has 0 aromatic heterocycles. The first-order valence-corrected chi connectivity index (χ1v) is 10.6. The average molecular weight is 427 g/mol. The monoisotopic (exact) mass is 426 g/mol. The standard InChI is InChI=1S/C19H23ClN2O5S/c1-12-6-7-14(20)10-16(12)21-19(23)13(2)22(28(5,24)25)15-8-9-17(26-3)18(11-15)27-4/h6-11,13H,1-5H3,(H,21,23)/t13-/m0/s1. The van der Waals surface area contributed by atoms with Crippen LogP contribution in [0, 0.1) is 6.92 Å². The summed E-state index contributed by atoms with van der Waals surface area (Å²) in [5.41, 5.74) is 1.61. The summed E-state index contributed by atoms with van der Waals surface area (Å²) in [7, 11) is -0.837. The third kappa shape index (κ3) is 4.88. The molecule has 152 valence electrons. The van der Waals surface area contributed by atoms with Gasteiger partial charge in [0.2, 0.25) is 15.9 Å². The van der Waals surface area contributed by atoms with Crippen molar-refractivity contribution in [3.63, 3.8) is 0 Å². The molecule has 2 rings (SSSR count). The van der Waals surface area contributed by atoms with Crippen molar-refractivity contribution < 1.29 is 22.7 Å². The lowest BCUT2D eigenvalue weighted by molar-refractivity contribution is -0.116. The lowest BCUT2D eigenvalue weighted by Gasteiger charge is -2.29. The van der Waals surface area contributed by atoms with Crippen molar-refractivity contribution in [3.05, 3.63) is 47.0 Å². The lowest BCUT2D eigenvalue weighted by atomic mass is 10.2. The molecule has 7 nitrogen and oxygen atoms in total. The summed E-state index contributed by atoms with van der Waals surface area (Å²) in [4.78, 5) is 12.8. The van der Waals surface area contributed by atoms with Gasteiger partial charge in [0.25, 0.3) is 0 Å². The number of aryl methyl sites for hydroxylation is 1. The number of sulfonamides is 1. The summed E-state index contributed by atoms with van der Waals surface area (Å²) in [6, 6.07) is 8.71. The highest BCUT2D eigenvalue weighted by atomic mass is 35.5. The van der Waals surface area contributed by atoms with E-state index in [0.717, 1.165) is 16.1 Å². The molecule has 0 saturated carbocycles. The van der Waals surface area contributed by atoms with Crippen LogP contribution in [0.1, 0.15) is 12.5 Å². The minimum Gasteiger partial charge on any atom is -0.493 e. The molecule has 1 atom stereocenters. The topological polar surface area (TPSA) is 84.9 Å². The average Bonchev–Trinajstić information content (AvgIpc) is 2.63. The van der Waals surface area contributed by atoms with Crippen LogP contribution in [0.2, 0.25) is 5.02 Å². The number of hydrogen-bond acceptors (Lipinski definition) is 5. The smallest absolute Gasteiger partial charge is 0.248 e. The minimum atomic E-state index is -3.77. The second-order valence-electron chi connectivity index (χ2n) is 6.22. The second kappa shape index (κ2) is 8.70. The highest BCUT2D eigenvalue weighted by molar-refractivity contribution is 7.92. The largest absolute Gasteiger partial charge is 0.493 e. The second-order valence-corrected chi connectivity index (χ2v) is 8.52. The van der Waals surface area contributed by atoms with Gasteiger partial charge in [-0.05, 0) is 43.7 Å². The maximum atomic E-state index is 12.8. The summed E-state index contributed by atoms with van der Waals surface area (Å²) < 4.78 is 36.4. The Morgan fingerprint density at radius 2 is 1.75 bits per heavy atom. The van der Waals surface area contributed by atoms with Crippen molar-refractivity contribution >= 4 is 38.9 Å². The van der Waals surface area contributed by atoms with Crippen molar-refractivity contribution in [3.8, 4) is 11.5 Å². The number of carbonyl (C=O) groups is 1. The van der Waals surface area contributed by atoms with E-state index in [0.29, 0.717) is 22.2 Å². The van der Waals surface area contributed by atoms with Crippen LogP contribution in [-0.4, -0.2) is 40.8 Å². The van der Waals surface area contributed by atoms with Crippen LogP contribution in [0.3, 0.4) is 0 Å². The number of rotatable bonds is 7. The third-order valence-corrected chi connectivity index (χ3v) is 5.64. The van der Waals surface area contributed by atoms with E-state index in [4.69, 9.17) is 21.1 Å². The number of nitrogens with zero attached hydrogens (tertiary/aromatic N) is 1. The van der Waals surface area contributed by atoms with E-state index in [-0.39, 0.29) is 5.69 Å². The molecule has 0 aliphatic heterocycles. The van der Waals surface area contributed by atoms with Gasteiger partial charge in [0.15, 0.2) is 11.5 Å². The Kier molecular flexibility index (Phi) is 6.79. The van der Waals surface area contributed by atoms with Crippen molar-refractivity contribution in [2.75, 3.05) is 30.1 Å². The Labute approximate surface area is 170 Å². The molecule has 0 aliphatic rings. The van der Waals surface area contributed by atoms with E-state index in [1.807, 2.05) is 6.92 Å². The first-order valence-electron chi connectivity index (χ1n) is 8.37. The molecule has 2 aromatic rings. The molecule has 28 heavy (non-hydrogen) atoms. The van der Waals surface area contributed by atoms with Crippen LogP contribution in [-0.2, 0) is 14.8 Å². The van der Waals surface area contributed by atoms with Crippen molar-refractivity contribution in [1.82, 2.24) is 0 Å². The van der Waals surface area contributed by atoms with E-state index >= 15 is 0 Å². The fourth-order valence-corrected chi connectivity index (χ4v) is 4.08. The van der Waals surface area contributed by atoms with Gasteiger partial charge in [-0.2, -0.15) is 0 Å². The molecule has 0 radical (unpaired) electrons. The number of benzene rings is 2. The van der Waals surface area contributed by atoms with E-state index < -0.39 is 22.0 Å². The third-order valence-electron chi connectivity index (χ3n) is 4.17. The minimum absolute atomic E-state index is 0.283. The predicted octanol–water partition coefficient (Wildman–Crippen LogP) is 3.46. The highest BCUT2D eigenvalue weighted by Crippen LogP contribution is 2.33. The van der Waals surface area contributed by atoms with Crippen molar-refractivity contribution in [2.24, 2.45) is 0 Å². The van der Waals surface area contributed by atoms with Crippen LogP contribution in [0.5, 0.6) is 11.5 Å². The van der Waals surface area contributed by atoms with Crippen molar-refractivity contribution in [2.45, 2.75) is 19.9 Å². The first kappa shape index (κ1) is 21.8. The van der Waals surface area contributed by atoms with Crippen LogP contribution in [0.15, 0.2) is 36.4 Å². The number of ether oxygens (including phenoxy) is 2. The zero-order valence-corrected chi connectivity index (χ0v) is 17.9. The molecule has 0 spiro atoms. The molecule has 0 aliphatic carbocycles. The highest BCUT2D eigenvalue weighted by Gasteiger charge is 2.30. The lowest BCUT2D eigenvalue weighted by Crippen LogP contribution is -2.45. The van der Waals surface area contributed by atoms with Gasteiger partial charge in [-0.25, -0.2) is 8.42 Å². The van der Waals surface area contributed by atoms with Crippen LogP contribution in [0.25, 0.3) is 0 Å². The van der Waals surface area contributed by atoms with Gasteiger partial charge in [-0.1, -0.05) is 17.7 Å². The summed E-state index contributed by atoms with van der Waals surface area (Å²) in [6.45, 7) is 3.33. The Bertz CT molecular complexity index is 978. The van der Waals surface area contributed by atoms with Crippen LogP contribution >= 0.6 is 11.6 Å². The van der Waals surface area contributed by atoms with Gasteiger partial charge in [0, 0.05) is 16.8 Å². The molecule has 9 heteroatoms. The quantitative estimate of drug-likeness (QED) is 0.732. The molecular formula is C19H23ClN2O5S. The summed E-state index contributed by atoms with van der Waals surface area (Å²) in [6.07, 6.45) is 1.04.